The molecule has 1 unspecified atom stereocenters. The van der Waals surface area contributed by atoms with Crippen LogP contribution in [0, 0.1) is 11.8 Å². The zero-order valence-electron chi connectivity index (χ0n) is 10.4. The van der Waals surface area contributed by atoms with Gasteiger partial charge >= 0.3 is 0 Å². The van der Waals surface area contributed by atoms with Crippen LogP contribution in [0.1, 0.15) is 18.9 Å². The van der Waals surface area contributed by atoms with E-state index in [9.17, 15) is 0 Å². The molecule has 1 aromatic rings. The quantitative estimate of drug-likeness (QED) is 0.789. The maximum absolute atomic E-state index is 5.82. The maximum atomic E-state index is 5.82. The first-order chi connectivity index (χ1) is 8.27. The highest BCUT2D eigenvalue weighted by Gasteiger charge is 2.06. The Kier molecular flexibility index (Phi) is 6.16. The summed E-state index contributed by atoms with van der Waals surface area (Å²) in [6, 6.07) is 7.73. The van der Waals surface area contributed by atoms with Crippen molar-refractivity contribution in [3.8, 4) is 17.6 Å². The van der Waals surface area contributed by atoms with Crippen LogP contribution in [0.25, 0.3) is 0 Å². The number of hydrogen-bond acceptors (Lipinski definition) is 3. The molecule has 0 heterocycles. The number of para-hydroxylation sites is 1. The van der Waals surface area contributed by atoms with Gasteiger partial charge in [0.1, 0.15) is 5.75 Å². The van der Waals surface area contributed by atoms with Crippen LogP contribution in [0.5, 0.6) is 5.75 Å². The molecule has 2 N–H and O–H groups in total. The summed E-state index contributed by atoms with van der Waals surface area (Å²) in [5, 5.41) is 0. The molecule has 3 nitrogen and oxygen atoms in total. The van der Waals surface area contributed by atoms with Crippen LogP contribution in [-0.4, -0.2) is 26.4 Å². The number of benzene rings is 1. The Labute approximate surface area is 103 Å². The van der Waals surface area contributed by atoms with Crippen molar-refractivity contribution in [2.45, 2.75) is 19.4 Å². The van der Waals surface area contributed by atoms with Gasteiger partial charge in [0.15, 0.2) is 0 Å². The third kappa shape index (κ3) is 4.90. The monoisotopic (exact) mass is 233 g/mol. The molecule has 1 rings (SSSR count). The van der Waals surface area contributed by atoms with Gasteiger partial charge in [-0.1, -0.05) is 24.0 Å². The molecule has 0 aliphatic rings. The molecule has 0 radical (unpaired) electrons. The van der Waals surface area contributed by atoms with Gasteiger partial charge in [-0.2, -0.15) is 0 Å². The van der Waals surface area contributed by atoms with Crippen molar-refractivity contribution >= 4 is 0 Å². The summed E-state index contributed by atoms with van der Waals surface area (Å²) < 4.78 is 10.8. The highest BCUT2D eigenvalue weighted by atomic mass is 16.5. The minimum absolute atomic E-state index is 0.107. The summed E-state index contributed by atoms with van der Waals surface area (Å²) in [5.41, 5.74) is 6.24. The first kappa shape index (κ1) is 13.6. The summed E-state index contributed by atoms with van der Waals surface area (Å²) in [6.45, 7) is 3.07. The Morgan fingerprint density at radius 3 is 2.82 bits per heavy atom. The number of hydrogen-bond donors (Lipinski definition) is 1. The third-order valence-corrected chi connectivity index (χ3v) is 2.27. The Balaban J connectivity index is 2.69. The molecule has 3 heteroatoms. The van der Waals surface area contributed by atoms with Crippen molar-refractivity contribution in [2.75, 3.05) is 20.3 Å². The molecule has 92 valence electrons. The van der Waals surface area contributed by atoms with E-state index in [2.05, 4.69) is 11.8 Å². The predicted molar refractivity (Wildman–Crippen MR) is 69.0 cm³/mol. The van der Waals surface area contributed by atoms with Crippen LogP contribution in [0.4, 0.5) is 0 Å². The lowest BCUT2D eigenvalue weighted by Crippen LogP contribution is -2.14. The molecule has 0 spiro atoms. The van der Waals surface area contributed by atoms with Crippen LogP contribution < -0.4 is 10.5 Å². The van der Waals surface area contributed by atoms with Crippen molar-refractivity contribution in [3.63, 3.8) is 0 Å². The zero-order valence-corrected chi connectivity index (χ0v) is 10.4. The second-order valence-electron chi connectivity index (χ2n) is 3.71. The maximum Gasteiger partial charge on any atom is 0.135 e. The molecule has 0 fully saturated rings. The van der Waals surface area contributed by atoms with Gasteiger partial charge in [-0.05, 0) is 19.1 Å². The Bertz CT molecular complexity index is 393. The Hall–Kier alpha value is -1.50. The van der Waals surface area contributed by atoms with Crippen LogP contribution in [0.15, 0.2) is 24.3 Å². The first-order valence-corrected chi connectivity index (χ1v) is 5.71. The van der Waals surface area contributed by atoms with Crippen molar-refractivity contribution in [1.29, 1.82) is 0 Å². The molecule has 1 aromatic carbocycles. The van der Waals surface area contributed by atoms with Gasteiger partial charge in [-0.25, -0.2) is 0 Å². The Morgan fingerprint density at radius 2 is 2.12 bits per heavy atom. The molecule has 0 saturated heterocycles. The molecule has 0 aliphatic carbocycles. The van der Waals surface area contributed by atoms with E-state index < -0.39 is 0 Å². The summed E-state index contributed by atoms with van der Waals surface area (Å²) in [7, 11) is 1.69. The van der Waals surface area contributed by atoms with Crippen LogP contribution in [0.2, 0.25) is 0 Å². The minimum Gasteiger partial charge on any atom is -0.489 e. The largest absolute Gasteiger partial charge is 0.489 e. The summed E-state index contributed by atoms with van der Waals surface area (Å²) in [5.74, 6) is 6.64. The van der Waals surface area contributed by atoms with Crippen LogP contribution in [-0.2, 0) is 4.74 Å². The van der Waals surface area contributed by atoms with Crippen molar-refractivity contribution in [3.05, 3.63) is 29.8 Å². The van der Waals surface area contributed by atoms with E-state index in [0.717, 1.165) is 17.7 Å². The first-order valence-electron chi connectivity index (χ1n) is 5.71. The minimum atomic E-state index is 0.107. The molecule has 17 heavy (non-hydrogen) atoms. The van der Waals surface area contributed by atoms with E-state index in [4.69, 9.17) is 15.2 Å². The van der Waals surface area contributed by atoms with Crippen molar-refractivity contribution < 1.29 is 9.47 Å². The van der Waals surface area contributed by atoms with E-state index in [0.29, 0.717) is 13.2 Å². The van der Waals surface area contributed by atoms with E-state index in [1.165, 1.54) is 0 Å². The summed E-state index contributed by atoms with van der Waals surface area (Å²) in [4.78, 5) is 0. The number of rotatable bonds is 5. The lowest BCUT2D eigenvalue weighted by atomic mass is 10.2. The normalized spacial score (nSPS) is 11.5. The average molecular weight is 233 g/mol. The fourth-order valence-electron chi connectivity index (χ4n) is 1.38. The number of methoxy groups -OCH3 is 1. The molecular formula is C14H19NO2. The fraction of sp³-hybridized carbons (Fsp3) is 0.429. The smallest absolute Gasteiger partial charge is 0.135 e. The molecule has 0 aliphatic heterocycles. The van der Waals surface area contributed by atoms with E-state index in [-0.39, 0.29) is 6.10 Å². The van der Waals surface area contributed by atoms with E-state index >= 15 is 0 Å². The van der Waals surface area contributed by atoms with Crippen molar-refractivity contribution in [2.24, 2.45) is 5.73 Å². The van der Waals surface area contributed by atoms with Gasteiger partial charge in [-0.3, -0.25) is 0 Å². The number of ether oxygens (including phenoxy) is 2. The summed E-state index contributed by atoms with van der Waals surface area (Å²) in [6.07, 6.45) is 0.964. The SMILES string of the molecule is COCCC(C)Oc1ccccc1C#CCN. The summed E-state index contributed by atoms with van der Waals surface area (Å²) >= 11 is 0. The molecule has 0 amide bonds. The lowest BCUT2D eigenvalue weighted by Gasteiger charge is -2.15. The predicted octanol–water partition coefficient (Wildman–Crippen LogP) is 1.80. The van der Waals surface area contributed by atoms with Crippen LogP contribution in [0.3, 0.4) is 0 Å². The second-order valence-corrected chi connectivity index (χ2v) is 3.71. The van der Waals surface area contributed by atoms with Crippen LogP contribution >= 0.6 is 0 Å². The molecule has 0 aromatic heterocycles. The average Bonchev–Trinajstić information content (AvgIpc) is 2.35. The Morgan fingerprint density at radius 1 is 1.35 bits per heavy atom. The molecule has 0 bridgehead atoms. The standard InChI is InChI=1S/C14H19NO2/c1-12(9-11-16-2)17-14-8-4-3-6-13(14)7-5-10-15/h3-4,6,8,12H,9-11,15H2,1-2H3. The van der Waals surface area contributed by atoms with Gasteiger partial charge in [0, 0.05) is 20.1 Å². The van der Waals surface area contributed by atoms with Gasteiger partial charge in [0.25, 0.3) is 0 Å². The third-order valence-electron chi connectivity index (χ3n) is 2.27. The molecular weight excluding hydrogens is 214 g/mol. The van der Waals surface area contributed by atoms with Crippen molar-refractivity contribution in [1.82, 2.24) is 0 Å². The molecule has 1 atom stereocenters. The van der Waals surface area contributed by atoms with Gasteiger partial charge < -0.3 is 15.2 Å². The highest BCUT2D eigenvalue weighted by Crippen LogP contribution is 2.18. The van der Waals surface area contributed by atoms with Gasteiger partial charge in [0.2, 0.25) is 0 Å². The topological polar surface area (TPSA) is 44.5 Å². The molecule has 0 saturated carbocycles. The number of nitrogens with two attached hydrogens (primary N) is 1. The van der Waals surface area contributed by atoms with E-state index in [1.54, 1.807) is 7.11 Å². The van der Waals surface area contributed by atoms with E-state index in [1.807, 2.05) is 31.2 Å². The fourth-order valence-corrected chi connectivity index (χ4v) is 1.38. The second kappa shape index (κ2) is 7.72. The van der Waals surface area contributed by atoms with Gasteiger partial charge in [-0.15, -0.1) is 0 Å². The zero-order chi connectivity index (χ0) is 12.5. The highest BCUT2D eigenvalue weighted by molar-refractivity contribution is 5.46. The lowest BCUT2D eigenvalue weighted by molar-refractivity contribution is 0.135. The van der Waals surface area contributed by atoms with Gasteiger partial charge in [0.05, 0.1) is 18.2 Å².